The fourth-order valence-electron chi connectivity index (χ4n) is 1.22. The summed E-state index contributed by atoms with van der Waals surface area (Å²) in [5, 5.41) is 8.78. The van der Waals surface area contributed by atoms with E-state index >= 15 is 0 Å². The van der Waals surface area contributed by atoms with E-state index in [0.717, 1.165) is 18.7 Å². The van der Waals surface area contributed by atoms with Gasteiger partial charge in [0.1, 0.15) is 0 Å². The summed E-state index contributed by atoms with van der Waals surface area (Å²) in [6.07, 6.45) is 3.18. The molecule has 0 aromatic heterocycles. The fraction of sp³-hybridized carbons (Fsp3) is 0.364. The van der Waals surface area contributed by atoms with Crippen molar-refractivity contribution in [1.29, 1.82) is 5.26 Å². The normalized spacial score (nSPS) is 9.31. The molecule has 0 spiro atoms. The van der Waals surface area contributed by atoms with Gasteiger partial charge >= 0.3 is 0 Å². The first-order valence-corrected chi connectivity index (χ1v) is 4.58. The Hall–Kier alpha value is -1.49. The standard InChI is InChI=1S/C11H14N2/c1-3-10-5-7-11(8-6-10)13(4-2)9-12/h5-8H,3-4H2,1-2H3. The first-order valence-electron chi connectivity index (χ1n) is 4.58. The van der Waals surface area contributed by atoms with Gasteiger partial charge in [0, 0.05) is 6.54 Å². The van der Waals surface area contributed by atoms with Crippen molar-refractivity contribution in [3.63, 3.8) is 0 Å². The molecule has 0 aliphatic rings. The first-order chi connectivity index (χ1) is 6.31. The molecule has 0 atom stereocenters. The van der Waals surface area contributed by atoms with E-state index in [-0.39, 0.29) is 0 Å². The third kappa shape index (κ3) is 2.22. The largest absolute Gasteiger partial charge is 0.280 e. The molecule has 0 amide bonds. The van der Waals surface area contributed by atoms with Crippen LogP contribution in [-0.2, 0) is 6.42 Å². The number of nitriles is 1. The van der Waals surface area contributed by atoms with Crippen molar-refractivity contribution >= 4 is 5.69 Å². The molecular weight excluding hydrogens is 160 g/mol. The van der Waals surface area contributed by atoms with Crippen LogP contribution in [0.25, 0.3) is 0 Å². The van der Waals surface area contributed by atoms with E-state index in [1.165, 1.54) is 5.56 Å². The summed E-state index contributed by atoms with van der Waals surface area (Å²) in [5.74, 6) is 0. The molecule has 68 valence electrons. The Bertz CT molecular complexity index is 295. The van der Waals surface area contributed by atoms with Gasteiger partial charge < -0.3 is 0 Å². The number of benzene rings is 1. The number of rotatable bonds is 3. The zero-order valence-electron chi connectivity index (χ0n) is 8.12. The van der Waals surface area contributed by atoms with Crippen molar-refractivity contribution in [2.45, 2.75) is 20.3 Å². The van der Waals surface area contributed by atoms with Crippen LogP contribution in [0.15, 0.2) is 24.3 Å². The van der Waals surface area contributed by atoms with Crippen LogP contribution in [0.3, 0.4) is 0 Å². The van der Waals surface area contributed by atoms with Crippen molar-refractivity contribution in [2.24, 2.45) is 0 Å². The molecule has 13 heavy (non-hydrogen) atoms. The smallest absolute Gasteiger partial charge is 0.184 e. The first kappa shape index (κ1) is 9.60. The molecule has 2 heteroatoms. The predicted octanol–water partition coefficient (Wildman–Crippen LogP) is 2.56. The van der Waals surface area contributed by atoms with Crippen molar-refractivity contribution in [3.05, 3.63) is 29.8 Å². The minimum atomic E-state index is 0.724. The maximum Gasteiger partial charge on any atom is 0.184 e. The highest BCUT2D eigenvalue weighted by Gasteiger charge is 2.00. The summed E-state index contributed by atoms with van der Waals surface area (Å²) in [4.78, 5) is 1.67. The van der Waals surface area contributed by atoms with Gasteiger partial charge in [-0.3, -0.25) is 4.90 Å². The topological polar surface area (TPSA) is 27.0 Å². The summed E-state index contributed by atoms with van der Waals surface area (Å²) < 4.78 is 0. The molecule has 1 aromatic rings. The number of hydrogen-bond acceptors (Lipinski definition) is 2. The highest BCUT2D eigenvalue weighted by Crippen LogP contribution is 2.14. The van der Waals surface area contributed by atoms with Crippen LogP contribution in [0.2, 0.25) is 0 Å². The maximum absolute atomic E-state index is 8.78. The zero-order chi connectivity index (χ0) is 9.68. The molecule has 0 unspecified atom stereocenters. The van der Waals surface area contributed by atoms with Crippen LogP contribution < -0.4 is 4.90 Å². The lowest BCUT2D eigenvalue weighted by molar-refractivity contribution is 1.02. The van der Waals surface area contributed by atoms with E-state index in [2.05, 4.69) is 25.2 Å². The number of aryl methyl sites for hydroxylation is 1. The van der Waals surface area contributed by atoms with Gasteiger partial charge in [0.2, 0.25) is 0 Å². The van der Waals surface area contributed by atoms with Crippen molar-refractivity contribution < 1.29 is 0 Å². The van der Waals surface area contributed by atoms with Gasteiger partial charge in [-0.1, -0.05) is 19.1 Å². The van der Waals surface area contributed by atoms with Gasteiger partial charge in [0.05, 0.1) is 5.69 Å². The Morgan fingerprint density at radius 1 is 1.23 bits per heavy atom. The second-order valence-corrected chi connectivity index (χ2v) is 2.86. The van der Waals surface area contributed by atoms with E-state index in [1.807, 2.05) is 19.1 Å². The molecule has 0 bridgehead atoms. The number of nitrogens with zero attached hydrogens (tertiary/aromatic N) is 2. The van der Waals surface area contributed by atoms with Crippen LogP contribution >= 0.6 is 0 Å². The lowest BCUT2D eigenvalue weighted by Gasteiger charge is -2.12. The molecule has 0 saturated heterocycles. The number of hydrogen-bond donors (Lipinski definition) is 0. The highest BCUT2D eigenvalue weighted by atomic mass is 15.1. The lowest BCUT2D eigenvalue weighted by Crippen LogP contribution is -2.14. The van der Waals surface area contributed by atoms with E-state index < -0.39 is 0 Å². The van der Waals surface area contributed by atoms with Crippen LogP contribution in [0.5, 0.6) is 0 Å². The summed E-state index contributed by atoms with van der Waals surface area (Å²) in [6, 6.07) is 8.11. The zero-order valence-corrected chi connectivity index (χ0v) is 8.12. The van der Waals surface area contributed by atoms with Gasteiger partial charge in [-0.2, -0.15) is 5.26 Å². The van der Waals surface area contributed by atoms with Crippen molar-refractivity contribution in [2.75, 3.05) is 11.4 Å². The quantitative estimate of drug-likeness (QED) is 0.520. The van der Waals surface area contributed by atoms with Gasteiger partial charge in [-0.05, 0) is 31.0 Å². The summed E-state index contributed by atoms with van der Waals surface area (Å²) in [7, 11) is 0. The third-order valence-corrected chi connectivity index (χ3v) is 2.09. The van der Waals surface area contributed by atoms with Crippen LogP contribution in [-0.4, -0.2) is 6.54 Å². The van der Waals surface area contributed by atoms with E-state index in [1.54, 1.807) is 4.90 Å². The molecule has 0 saturated carbocycles. The van der Waals surface area contributed by atoms with Crippen molar-refractivity contribution in [1.82, 2.24) is 0 Å². The SMILES string of the molecule is CCc1ccc(N(C#N)CC)cc1. The fourth-order valence-corrected chi connectivity index (χ4v) is 1.22. The second kappa shape index (κ2) is 4.51. The van der Waals surface area contributed by atoms with Crippen LogP contribution in [0.1, 0.15) is 19.4 Å². The molecule has 0 radical (unpaired) electrons. The van der Waals surface area contributed by atoms with Gasteiger partial charge in [0.25, 0.3) is 0 Å². The average Bonchev–Trinajstić information content (AvgIpc) is 2.21. The van der Waals surface area contributed by atoms with Crippen LogP contribution in [0, 0.1) is 11.5 Å². The Balaban J connectivity index is 2.86. The van der Waals surface area contributed by atoms with E-state index in [4.69, 9.17) is 5.26 Å². The Morgan fingerprint density at radius 3 is 2.23 bits per heavy atom. The molecular formula is C11H14N2. The van der Waals surface area contributed by atoms with Gasteiger partial charge in [-0.15, -0.1) is 0 Å². The molecule has 0 fully saturated rings. The van der Waals surface area contributed by atoms with Crippen LogP contribution in [0.4, 0.5) is 5.69 Å². The van der Waals surface area contributed by atoms with E-state index in [0.29, 0.717) is 0 Å². The molecule has 2 nitrogen and oxygen atoms in total. The summed E-state index contributed by atoms with van der Waals surface area (Å²) in [6.45, 7) is 4.82. The predicted molar refractivity (Wildman–Crippen MR) is 54.5 cm³/mol. The minimum absolute atomic E-state index is 0.724. The molecule has 0 aliphatic carbocycles. The van der Waals surface area contributed by atoms with E-state index in [9.17, 15) is 0 Å². The Morgan fingerprint density at radius 2 is 1.85 bits per heavy atom. The third-order valence-electron chi connectivity index (χ3n) is 2.09. The molecule has 1 aromatic carbocycles. The Labute approximate surface area is 79.4 Å². The van der Waals surface area contributed by atoms with Gasteiger partial charge in [-0.25, -0.2) is 0 Å². The Kier molecular flexibility index (Phi) is 3.33. The van der Waals surface area contributed by atoms with Crippen molar-refractivity contribution in [3.8, 4) is 6.19 Å². The molecule has 0 heterocycles. The number of anilines is 1. The minimum Gasteiger partial charge on any atom is -0.280 e. The monoisotopic (exact) mass is 174 g/mol. The molecule has 1 rings (SSSR count). The second-order valence-electron chi connectivity index (χ2n) is 2.86. The average molecular weight is 174 g/mol. The summed E-state index contributed by atoms with van der Waals surface area (Å²) in [5.41, 5.74) is 2.28. The highest BCUT2D eigenvalue weighted by molar-refractivity contribution is 5.50. The molecule has 0 N–H and O–H groups in total. The lowest BCUT2D eigenvalue weighted by atomic mass is 10.1. The maximum atomic E-state index is 8.78. The molecule has 0 aliphatic heterocycles. The van der Waals surface area contributed by atoms with Gasteiger partial charge in [0.15, 0.2) is 6.19 Å². The summed E-state index contributed by atoms with van der Waals surface area (Å²) >= 11 is 0.